The van der Waals surface area contributed by atoms with Crippen molar-refractivity contribution in [2.24, 2.45) is 0 Å². The maximum atomic E-state index is 14.2. The maximum Gasteiger partial charge on any atom is 0.433 e. The first-order valence-electron chi connectivity index (χ1n) is 13.3. The second-order valence-electron chi connectivity index (χ2n) is 9.54. The molecule has 0 radical (unpaired) electrons. The molecular formula is C32H29F3N4O5. The summed E-state index contributed by atoms with van der Waals surface area (Å²) in [5.74, 6) is 2.06. The molecule has 2 heterocycles. The number of benzene rings is 3. The molecule has 12 heteroatoms. The number of hydrogen-bond donors (Lipinski definition) is 0. The van der Waals surface area contributed by atoms with Gasteiger partial charge in [-0.2, -0.15) is 23.0 Å². The molecule has 0 aliphatic heterocycles. The number of rotatable bonds is 9. The van der Waals surface area contributed by atoms with Gasteiger partial charge in [-0.1, -0.05) is 12.1 Å². The van der Waals surface area contributed by atoms with Crippen LogP contribution in [0.5, 0.6) is 28.7 Å². The zero-order chi connectivity index (χ0) is 31.6. The minimum absolute atomic E-state index is 0.0420. The number of halogens is 3. The van der Waals surface area contributed by atoms with E-state index >= 15 is 0 Å². The van der Waals surface area contributed by atoms with Crippen LogP contribution in [0.15, 0.2) is 66.7 Å². The fourth-order valence-corrected chi connectivity index (χ4v) is 4.83. The van der Waals surface area contributed by atoms with Gasteiger partial charge < -0.3 is 23.7 Å². The van der Waals surface area contributed by atoms with E-state index < -0.39 is 11.9 Å². The molecule has 0 aliphatic carbocycles. The van der Waals surface area contributed by atoms with Crippen LogP contribution in [0.3, 0.4) is 0 Å². The van der Waals surface area contributed by atoms with E-state index in [0.29, 0.717) is 62.4 Å². The van der Waals surface area contributed by atoms with Crippen LogP contribution in [-0.4, -0.2) is 55.3 Å². The maximum absolute atomic E-state index is 14.2. The van der Waals surface area contributed by atoms with E-state index in [9.17, 15) is 13.2 Å². The normalized spacial score (nSPS) is 11.3. The Hall–Kier alpha value is -5.26. The first kappa shape index (κ1) is 30.2. The third-order valence-corrected chi connectivity index (χ3v) is 7.00. The molecule has 0 saturated heterocycles. The fraction of sp³-hybridized carbons (Fsp3) is 0.219. The van der Waals surface area contributed by atoms with Crippen molar-refractivity contribution >= 4 is 0 Å². The van der Waals surface area contributed by atoms with Gasteiger partial charge in [0.1, 0.15) is 5.75 Å². The molecule has 5 rings (SSSR count). The quantitative estimate of drug-likeness (QED) is 0.177. The zero-order valence-corrected chi connectivity index (χ0v) is 24.8. The molecule has 0 N–H and O–H groups in total. The highest BCUT2D eigenvalue weighted by atomic mass is 19.4. The Labute approximate surface area is 251 Å². The summed E-state index contributed by atoms with van der Waals surface area (Å²) in [7, 11) is 7.52. The van der Waals surface area contributed by atoms with Crippen LogP contribution in [0.4, 0.5) is 13.2 Å². The summed E-state index contributed by atoms with van der Waals surface area (Å²) in [6, 6.07) is 18.0. The summed E-state index contributed by atoms with van der Waals surface area (Å²) in [6.07, 6.45) is -4.76. The SMILES string of the molecule is COc1cccc(-c2cc(C(F)(F)F)nc(-n3nc(-c4ccc(OC)c(OC)c4)c(C)c3-c3ccc(OC)c(OC)c3)n2)c1. The van der Waals surface area contributed by atoms with Gasteiger partial charge >= 0.3 is 6.18 Å². The zero-order valence-electron chi connectivity index (χ0n) is 24.8. The standard InChI is InChI=1S/C32H29F3N4O5/c1-18-29(20-10-12-24(41-3)26(15-20)43-5)38-39(30(18)21-11-13-25(42-4)27(16-21)44-6)31-36-23(17-28(37-31)32(33,34)35)19-8-7-9-22(14-19)40-2/h7-17H,1-6H3. The highest BCUT2D eigenvalue weighted by molar-refractivity contribution is 5.78. The highest BCUT2D eigenvalue weighted by Crippen LogP contribution is 2.40. The summed E-state index contributed by atoms with van der Waals surface area (Å²) in [4.78, 5) is 8.51. The molecule has 3 aromatic carbocycles. The van der Waals surface area contributed by atoms with Crippen LogP contribution in [0.2, 0.25) is 0 Å². The molecule has 2 aromatic heterocycles. The van der Waals surface area contributed by atoms with Gasteiger partial charge in [-0.25, -0.2) is 9.97 Å². The first-order chi connectivity index (χ1) is 21.1. The topological polar surface area (TPSA) is 89.8 Å². The minimum Gasteiger partial charge on any atom is -0.497 e. The lowest BCUT2D eigenvalue weighted by molar-refractivity contribution is -0.141. The van der Waals surface area contributed by atoms with Crippen LogP contribution < -0.4 is 23.7 Å². The van der Waals surface area contributed by atoms with E-state index in [-0.39, 0.29) is 11.6 Å². The average molecular weight is 607 g/mol. The number of alkyl halides is 3. The summed E-state index contributed by atoms with van der Waals surface area (Å²) in [5.41, 5.74) is 2.12. The number of aromatic nitrogens is 4. The smallest absolute Gasteiger partial charge is 0.433 e. The molecule has 0 amide bonds. The summed E-state index contributed by atoms with van der Waals surface area (Å²) >= 11 is 0. The molecule has 0 atom stereocenters. The van der Waals surface area contributed by atoms with Crippen molar-refractivity contribution in [2.45, 2.75) is 13.1 Å². The molecule has 0 saturated carbocycles. The molecule has 0 unspecified atom stereocenters. The second-order valence-corrected chi connectivity index (χ2v) is 9.54. The van der Waals surface area contributed by atoms with Crippen LogP contribution >= 0.6 is 0 Å². The number of hydrogen-bond acceptors (Lipinski definition) is 8. The largest absolute Gasteiger partial charge is 0.497 e. The Bertz CT molecular complexity index is 1820. The minimum atomic E-state index is -4.76. The van der Waals surface area contributed by atoms with E-state index in [1.807, 2.05) is 6.92 Å². The van der Waals surface area contributed by atoms with Gasteiger partial charge in [-0.3, -0.25) is 0 Å². The van der Waals surface area contributed by atoms with E-state index in [0.717, 1.165) is 6.07 Å². The van der Waals surface area contributed by atoms with Gasteiger partial charge in [0.05, 0.1) is 52.6 Å². The molecule has 228 valence electrons. The number of ether oxygens (including phenoxy) is 5. The molecular weight excluding hydrogens is 577 g/mol. The van der Waals surface area contributed by atoms with E-state index in [1.54, 1.807) is 60.7 Å². The Kier molecular flexibility index (Phi) is 8.34. The van der Waals surface area contributed by atoms with Gasteiger partial charge in [0.15, 0.2) is 28.7 Å². The average Bonchev–Trinajstić information content (AvgIpc) is 3.40. The van der Waals surface area contributed by atoms with E-state index in [1.165, 1.54) is 40.2 Å². The van der Waals surface area contributed by atoms with Crippen LogP contribution in [0.1, 0.15) is 11.3 Å². The summed E-state index contributed by atoms with van der Waals surface area (Å²) in [6.45, 7) is 1.82. The highest BCUT2D eigenvalue weighted by Gasteiger charge is 2.35. The van der Waals surface area contributed by atoms with Gasteiger partial charge in [-0.05, 0) is 61.5 Å². The Balaban J connectivity index is 1.82. The van der Waals surface area contributed by atoms with Crippen LogP contribution in [0, 0.1) is 6.92 Å². The summed E-state index contributed by atoms with van der Waals surface area (Å²) in [5, 5.41) is 4.78. The van der Waals surface area contributed by atoms with Gasteiger partial charge in [0.2, 0.25) is 0 Å². The van der Waals surface area contributed by atoms with Crippen LogP contribution in [0.25, 0.3) is 39.7 Å². The van der Waals surface area contributed by atoms with Gasteiger partial charge in [0.25, 0.3) is 5.95 Å². The third-order valence-electron chi connectivity index (χ3n) is 7.00. The first-order valence-corrected chi connectivity index (χ1v) is 13.3. The molecule has 9 nitrogen and oxygen atoms in total. The Morgan fingerprint density at radius 2 is 1.25 bits per heavy atom. The van der Waals surface area contributed by atoms with Crippen molar-refractivity contribution < 1.29 is 36.9 Å². The lowest BCUT2D eigenvalue weighted by Gasteiger charge is -2.14. The predicted octanol–water partition coefficient (Wildman–Crippen LogP) is 7.03. The van der Waals surface area contributed by atoms with Crippen molar-refractivity contribution in [3.05, 3.63) is 78.0 Å². The molecule has 0 spiro atoms. The lowest BCUT2D eigenvalue weighted by atomic mass is 10.0. The molecule has 5 aromatic rings. The fourth-order valence-electron chi connectivity index (χ4n) is 4.83. The monoisotopic (exact) mass is 606 g/mol. The van der Waals surface area contributed by atoms with Gasteiger partial charge in [0, 0.05) is 22.3 Å². The molecule has 0 bridgehead atoms. The summed E-state index contributed by atoms with van der Waals surface area (Å²) < 4.78 is 71.1. The van der Waals surface area contributed by atoms with Gasteiger partial charge in [-0.15, -0.1) is 0 Å². The molecule has 0 aliphatic rings. The van der Waals surface area contributed by atoms with E-state index in [2.05, 4.69) is 9.97 Å². The number of nitrogens with zero attached hydrogens (tertiary/aromatic N) is 4. The second kappa shape index (κ2) is 12.2. The predicted molar refractivity (Wildman–Crippen MR) is 158 cm³/mol. The molecule has 0 fully saturated rings. The van der Waals surface area contributed by atoms with Crippen molar-refractivity contribution in [3.63, 3.8) is 0 Å². The van der Waals surface area contributed by atoms with Crippen molar-refractivity contribution in [1.82, 2.24) is 19.7 Å². The third kappa shape index (κ3) is 5.70. The Morgan fingerprint density at radius 1 is 0.636 bits per heavy atom. The lowest BCUT2D eigenvalue weighted by Crippen LogP contribution is -2.14. The Morgan fingerprint density at radius 3 is 1.84 bits per heavy atom. The van der Waals surface area contributed by atoms with E-state index in [4.69, 9.17) is 28.8 Å². The van der Waals surface area contributed by atoms with Crippen molar-refractivity contribution in [2.75, 3.05) is 35.5 Å². The number of methoxy groups -OCH3 is 5. The van der Waals surface area contributed by atoms with Crippen molar-refractivity contribution in [1.29, 1.82) is 0 Å². The van der Waals surface area contributed by atoms with Crippen LogP contribution in [-0.2, 0) is 6.18 Å². The van der Waals surface area contributed by atoms with Crippen molar-refractivity contribution in [3.8, 4) is 68.5 Å². The molecule has 44 heavy (non-hydrogen) atoms.